The van der Waals surface area contributed by atoms with Crippen LogP contribution in [0.15, 0.2) is 54.6 Å². The highest BCUT2D eigenvalue weighted by molar-refractivity contribution is 5.91. The van der Waals surface area contributed by atoms with Crippen LogP contribution in [0.3, 0.4) is 0 Å². The van der Waals surface area contributed by atoms with Gasteiger partial charge in [-0.15, -0.1) is 0 Å². The number of nitrogens with one attached hydrogen (secondary N) is 2. The van der Waals surface area contributed by atoms with Gasteiger partial charge in [0.1, 0.15) is 11.5 Å². The van der Waals surface area contributed by atoms with Crippen LogP contribution in [0, 0.1) is 0 Å². The molecule has 2 N–H and O–H groups in total. The van der Waals surface area contributed by atoms with Crippen molar-refractivity contribution in [1.82, 2.24) is 19.9 Å². The minimum absolute atomic E-state index is 0. The molecule has 8 bridgehead atoms. The third-order valence-corrected chi connectivity index (χ3v) is 10.7. The average Bonchev–Trinajstić information content (AvgIpc) is 3.99. The smallest absolute Gasteiger partial charge is 0.123 e. The van der Waals surface area contributed by atoms with Gasteiger partial charge in [0, 0.05) is 52.1 Å². The Kier molecular flexibility index (Phi) is 18.2. The maximum Gasteiger partial charge on any atom is 0.123 e. The van der Waals surface area contributed by atoms with Crippen molar-refractivity contribution in [3.8, 4) is 22.6 Å². The SMILES string of the molecule is CCCCCCCCCCCc1c2nc(cc3nc(c(-c4cc(OCCC[N+](C)(C)C)cc(OCCC[N+](C)(C)C)c4)c4ccc(cc5ccc1[nH]5)[nH]4)C=C3)C=C2.[Cl-].[Cl-]. The Morgan fingerprint density at radius 1 is 0.525 bits per heavy atom. The molecule has 59 heavy (non-hydrogen) atoms. The maximum atomic E-state index is 6.44. The first-order chi connectivity index (χ1) is 27.4. The molecule has 0 unspecified atom stereocenters. The third-order valence-electron chi connectivity index (χ3n) is 10.7. The molecule has 2 aliphatic heterocycles. The maximum absolute atomic E-state index is 6.44. The molecule has 0 amide bonds. The molecule has 1 aromatic carbocycles. The van der Waals surface area contributed by atoms with Crippen LogP contribution in [0.25, 0.3) is 57.5 Å². The molecule has 0 spiro atoms. The number of benzene rings is 1. The van der Waals surface area contributed by atoms with Crippen LogP contribution in [0.2, 0.25) is 0 Å². The highest BCUT2D eigenvalue weighted by Crippen LogP contribution is 2.36. The van der Waals surface area contributed by atoms with E-state index in [9.17, 15) is 0 Å². The zero-order valence-corrected chi connectivity index (χ0v) is 38.2. The van der Waals surface area contributed by atoms with E-state index in [1.807, 2.05) is 6.07 Å². The second-order valence-electron chi connectivity index (χ2n) is 18.0. The van der Waals surface area contributed by atoms with E-state index in [0.29, 0.717) is 13.2 Å². The van der Waals surface area contributed by atoms with Crippen molar-refractivity contribution in [3.05, 3.63) is 82.9 Å². The summed E-state index contributed by atoms with van der Waals surface area (Å²) >= 11 is 0. The van der Waals surface area contributed by atoms with Gasteiger partial charge in [-0.05, 0) is 91.2 Å². The van der Waals surface area contributed by atoms with Crippen molar-refractivity contribution in [1.29, 1.82) is 0 Å². The summed E-state index contributed by atoms with van der Waals surface area (Å²) in [5, 5.41) is 0. The van der Waals surface area contributed by atoms with Gasteiger partial charge in [0.15, 0.2) is 0 Å². The standard InChI is InChI=1S/C49H68N6O2.2ClH/c1-8-9-10-11-12-13-14-15-16-19-44-45-24-20-38(50-45)34-40-22-26-47(52-40)49(48-27-23-41(53-48)35-39-21-25-46(44)51-39)37-32-42(56-30-17-28-54(2,3)4)36-43(33-37)57-31-18-29-55(5,6)7;;/h20-27,32-36,50,52H,8-19,28-31H2,1-7H3;2*1H/q+2;;/p-2. The molecule has 0 atom stereocenters. The first-order valence-corrected chi connectivity index (χ1v) is 21.5. The van der Waals surface area contributed by atoms with E-state index in [-0.39, 0.29) is 24.8 Å². The third kappa shape index (κ3) is 14.9. The van der Waals surface area contributed by atoms with Gasteiger partial charge in [-0.25, -0.2) is 9.97 Å². The van der Waals surface area contributed by atoms with E-state index in [1.165, 1.54) is 56.9 Å². The van der Waals surface area contributed by atoms with Gasteiger partial charge in [0.05, 0.1) is 91.4 Å². The molecule has 8 nitrogen and oxygen atoms in total. The minimum atomic E-state index is 0. The van der Waals surface area contributed by atoms with Gasteiger partial charge in [-0.2, -0.15) is 0 Å². The number of rotatable bonds is 21. The second-order valence-corrected chi connectivity index (χ2v) is 18.0. The number of hydrogen-bond acceptors (Lipinski definition) is 4. The summed E-state index contributed by atoms with van der Waals surface area (Å²) in [4.78, 5) is 17.8. The van der Waals surface area contributed by atoms with Crippen LogP contribution in [0.5, 0.6) is 11.5 Å². The fraction of sp³-hybridized carbons (Fsp3) is 0.469. The Morgan fingerprint density at radius 3 is 1.61 bits per heavy atom. The van der Waals surface area contributed by atoms with E-state index < -0.39 is 0 Å². The second kappa shape index (κ2) is 22.5. The van der Waals surface area contributed by atoms with Crippen LogP contribution in [-0.2, 0) is 6.42 Å². The number of unbranched alkanes of at least 4 members (excludes halogenated alkanes) is 8. The van der Waals surface area contributed by atoms with Crippen molar-refractivity contribution in [3.63, 3.8) is 0 Å². The van der Waals surface area contributed by atoms with Crippen LogP contribution in [0.1, 0.15) is 106 Å². The lowest BCUT2D eigenvalue weighted by atomic mass is 10.0. The molecule has 5 heterocycles. The first kappa shape index (κ1) is 47.6. The van der Waals surface area contributed by atoms with Crippen LogP contribution in [-0.4, -0.2) is 97.5 Å². The quantitative estimate of drug-likeness (QED) is 0.0758. The molecule has 4 aromatic rings. The summed E-state index contributed by atoms with van der Waals surface area (Å²) in [6, 6.07) is 19.3. The van der Waals surface area contributed by atoms with Crippen LogP contribution < -0.4 is 34.3 Å². The Morgan fingerprint density at radius 2 is 1.03 bits per heavy atom. The Labute approximate surface area is 366 Å². The number of ether oxygens (including phenoxy) is 2. The van der Waals surface area contributed by atoms with Crippen LogP contribution >= 0.6 is 0 Å². The van der Waals surface area contributed by atoms with E-state index in [2.05, 4.69) is 132 Å². The zero-order chi connectivity index (χ0) is 40.3. The highest BCUT2D eigenvalue weighted by atomic mass is 35.5. The molecule has 320 valence electrons. The van der Waals surface area contributed by atoms with Crippen molar-refractivity contribution in [2.45, 2.75) is 84.0 Å². The van der Waals surface area contributed by atoms with Crippen LogP contribution in [0.4, 0.5) is 0 Å². The predicted molar refractivity (Wildman–Crippen MR) is 241 cm³/mol. The molecule has 6 rings (SSSR count). The first-order valence-electron chi connectivity index (χ1n) is 21.5. The molecule has 0 aliphatic carbocycles. The normalized spacial score (nSPS) is 12.3. The fourth-order valence-electron chi connectivity index (χ4n) is 7.65. The Balaban J connectivity index is 0.00000384. The van der Waals surface area contributed by atoms with Crippen molar-refractivity contribution in [2.75, 3.05) is 68.6 Å². The number of halogens is 2. The molecule has 2 aliphatic rings. The van der Waals surface area contributed by atoms with Crippen molar-refractivity contribution in [2.24, 2.45) is 0 Å². The lowest BCUT2D eigenvalue weighted by molar-refractivity contribution is -0.870. The highest BCUT2D eigenvalue weighted by Gasteiger charge is 2.16. The molecule has 3 aromatic heterocycles. The van der Waals surface area contributed by atoms with Gasteiger partial charge in [-0.1, -0.05) is 58.3 Å². The lowest BCUT2D eigenvalue weighted by Crippen LogP contribution is -3.00. The fourth-order valence-corrected chi connectivity index (χ4v) is 7.65. The van der Waals surface area contributed by atoms with E-state index in [0.717, 1.165) is 115 Å². The predicted octanol–water partition coefficient (Wildman–Crippen LogP) is 5.35. The number of aromatic nitrogens is 4. The summed E-state index contributed by atoms with van der Waals surface area (Å²) in [5.41, 5.74) is 11.2. The number of nitrogens with zero attached hydrogens (tertiary/aromatic N) is 4. The number of aryl methyl sites for hydroxylation is 1. The molecule has 10 heteroatoms. The molecule has 0 saturated carbocycles. The summed E-state index contributed by atoms with van der Waals surface area (Å²) in [5.74, 6) is 1.60. The monoisotopic (exact) mass is 842 g/mol. The molecular formula is C49H68Cl2N6O2. The Bertz CT molecular complexity index is 2130. The largest absolute Gasteiger partial charge is 1.00 e. The molecule has 0 radical (unpaired) electrons. The van der Waals surface area contributed by atoms with Crippen molar-refractivity contribution >= 4 is 46.4 Å². The summed E-state index contributed by atoms with van der Waals surface area (Å²) in [6.07, 6.45) is 23.2. The zero-order valence-electron chi connectivity index (χ0n) is 36.7. The van der Waals surface area contributed by atoms with Gasteiger partial charge >= 0.3 is 0 Å². The topological polar surface area (TPSA) is 75.8 Å². The number of H-pyrrole nitrogens is 2. The lowest BCUT2D eigenvalue weighted by Gasteiger charge is -2.24. The van der Waals surface area contributed by atoms with Gasteiger partial charge in [-0.3, -0.25) is 0 Å². The molecule has 0 saturated heterocycles. The van der Waals surface area contributed by atoms with Gasteiger partial charge < -0.3 is 53.2 Å². The number of quaternary nitrogens is 2. The average molecular weight is 844 g/mol. The van der Waals surface area contributed by atoms with E-state index >= 15 is 0 Å². The van der Waals surface area contributed by atoms with Gasteiger partial charge in [0.25, 0.3) is 0 Å². The minimum Gasteiger partial charge on any atom is -1.00 e. The van der Waals surface area contributed by atoms with Gasteiger partial charge in [0.2, 0.25) is 0 Å². The van der Waals surface area contributed by atoms with E-state index in [4.69, 9.17) is 19.4 Å². The molecule has 0 fully saturated rings. The summed E-state index contributed by atoms with van der Waals surface area (Å²) in [7, 11) is 13.3. The number of hydrogen-bond donors (Lipinski definition) is 2. The number of fused-ring (bicyclic) bond motifs is 8. The summed E-state index contributed by atoms with van der Waals surface area (Å²) < 4.78 is 14.7. The summed E-state index contributed by atoms with van der Waals surface area (Å²) in [6.45, 7) is 5.62. The van der Waals surface area contributed by atoms with Crippen molar-refractivity contribution < 1.29 is 43.3 Å². The Hall–Kier alpha value is -4.08. The molecular weight excluding hydrogens is 775 g/mol. The number of aromatic amines is 2. The van der Waals surface area contributed by atoms with E-state index in [1.54, 1.807) is 0 Å².